The number of rotatable bonds is 8. The minimum Gasteiger partial charge on any atom is -0.507 e. The summed E-state index contributed by atoms with van der Waals surface area (Å²) in [5.41, 5.74) is 1.04. The Morgan fingerprint density at radius 3 is 2.29 bits per heavy atom. The molecule has 11 nitrogen and oxygen atoms in total. The SMILES string of the molecule is COc1cc(O)c(-c2nnc(C(=O)NCC(F)(F)F)n2-c2ccc(S(=O)(=O)N3CCN(C)CC3)cc2)cc1C(C)C. The molecular weight excluding hydrogens is 565 g/mol. The standard InChI is InChI=1S/C26H31F3N6O5S/c1-16(2)19-13-20(21(36)14-22(19)40-4)23-31-32-24(25(37)30-15-26(27,28)29)35(23)17-5-7-18(8-6-17)41(38,39)34-11-9-33(3)10-12-34/h5-8,13-14,16,36H,9-12,15H2,1-4H3,(H,30,37). The highest BCUT2D eigenvalue weighted by Gasteiger charge is 2.31. The minimum absolute atomic E-state index is 0.0119. The number of aromatic nitrogens is 3. The van der Waals surface area contributed by atoms with Crippen molar-refractivity contribution < 1.29 is 36.2 Å². The molecule has 0 unspecified atom stereocenters. The van der Waals surface area contributed by atoms with Gasteiger partial charge in [0.1, 0.15) is 18.0 Å². The molecule has 1 aliphatic heterocycles. The fraction of sp³-hybridized carbons (Fsp3) is 0.423. The van der Waals surface area contributed by atoms with E-state index in [1.165, 1.54) is 46.3 Å². The van der Waals surface area contributed by atoms with Crippen LogP contribution in [-0.4, -0.2) is 96.5 Å². The Bertz CT molecular complexity index is 1520. The van der Waals surface area contributed by atoms with E-state index in [2.05, 4.69) is 10.2 Å². The Morgan fingerprint density at radius 2 is 1.73 bits per heavy atom. The van der Waals surface area contributed by atoms with Gasteiger partial charge in [0.15, 0.2) is 5.82 Å². The van der Waals surface area contributed by atoms with Crippen molar-refractivity contribution in [1.82, 2.24) is 29.3 Å². The average molecular weight is 597 g/mol. The van der Waals surface area contributed by atoms with E-state index in [0.29, 0.717) is 37.5 Å². The quantitative estimate of drug-likeness (QED) is 0.406. The van der Waals surface area contributed by atoms with Crippen LogP contribution in [-0.2, 0) is 10.0 Å². The van der Waals surface area contributed by atoms with Gasteiger partial charge in [0.05, 0.1) is 17.6 Å². The molecule has 41 heavy (non-hydrogen) atoms. The molecule has 0 spiro atoms. The van der Waals surface area contributed by atoms with Gasteiger partial charge in [0.25, 0.3) is 5.91 Å². The van der Waals surface area contributed by atoms with Gasteiger partial charge < -0.3 is 20.1 Å². The number of ether oxygens (including phenoxy) is 1. The highest BCUT2D eigenvalue weighted by atomic mass is 32.2. The van der Waals surface area contributed by atoms with Crippen molar-refractivity contribution in [2.24, 2.45) is 0 Å². The number of carbonyl (C=O) groups excluding carboxylic acids is 1. The number of hydrogen-bond acceptors (Lipinski definition) is 8. The Morgan fingerprint density at radius 1 is 1.10 bits per heavy atom. The largest absolute Gasteiger partial charge is 0.507 e. The molecule has 222 valence electrons. The molecule has 1 aromatic heterocycles. The Hall–Kier alpha value is -3.69. The molecular formula is C26H31F3N6O5S. The van der Waals surface area contributed by atoms with Crippen LogP contribution in [0.25, 0.3) is 17.1 Å². The zero-order valence-electron chi connectivity index (χ0n) is 22.9. The van der Waals surface area contributed by atoms with E-state index in [4.69, 9.17) is 4.74 Å². The predicted molar refractivity (Wildman–Crippen MR) is 144 cm³/mol. The van der Waals surface area contributed by atoms with Crippen LogP contribution in [0.2, 0.25) is 0 Å². The molecule has 15 heteroatoms. The maximum absolute atomic E-state index is 13.2. The summed E-state index contributed by atoms with van der Waals surface area (Å²) >= 11 is 0. The first-order valence-corrected chi connectivity index (χ1v) is 14.2. The number of halogens is 3. The van der Waals surface area contributed by atoms with E-state index in [1.807, 2.05) is 25.8 Å². The molecule has 2 heterocycles. The van der Waals surface area contributed by atoms with Crippen LogP contribution in [0.5, 0.6) is 11.5 Å². The summed E-state index contributed by atoms with van der Waals surface area (Å²) in [6, 6.07) is 8.47. The van der Waals surface area contributed by atoms with E-state index in [1.54, 1.807) is 11.4 Å². The van der Waals surface area contributed by atoms with Gasteiger partial charge in [-0.25, -0.2) is 8.42 Å². The third kappa shape index (κ3) is 6.47. The van der Waals surface area contributed by atoms with Crippen LogP contribution in [0.3, 0.4) is 0 Å². The van der Waals surface area contributed by atoms with Crippen molar-refractivity contribution in [2.75, 3.05) is 46.9 Å². The van der Waals surface area contributed by atoms with Gasteiger partial charge in [0, 0.05) is 37.9 Å². The van der Waals surface area contributed by atoms with E-state index in [9.17, 15) is 31.5 Å². The van der Waals surface area contributed by atoms with Crippen molar-refractivity contribution >= 4 is 15.9 Å². The lowest BCUT2D eigenvalue weighted by Crippen LogP contribution is -2.46. The topological polar surface area (TPSA) is 130 Å². The third-order valence-corrected chi connectivity index (χ3v) is 8.63. The molecule has 1 saturated heterocycles. The summed E-state index contributed by atoms with van der Waals surface area (Å²) in [6.07, 6.45) is -4.66. The average Bonchev–Trinajstić information content (AvgIpc) is 3.36. The number of phenols is 1. The number of methoxy groups -OCH3 is 1. The summed E-state index contributed by atoms with van der Waals surface area (Å²) in [5.74, 6) is -1.59. The molecule has 2 aromatic carbocycles. The van der Waals surface area contributed by atoms with Crippen molar-refractivity contribution in [3.8, 4) is 28.6 Å². The zero-order valence-corrected chi connectivity index (χ0v) is 23.8. The number of sulfonamides is 1. The first kappa shape index (κ1) is 30.3. The van der Waals surface area contributed by atoms with Crippen LogP contribution in [0.4, 0.5) is 13.2 Å². The summed E-state index contributed by atoms with van der Waals surface area (Å²) in [6.45, 7) is 4.03. The third-order valence-electron chi connectivity index (χ3n) is 6.72. The van der Waals surface area contributed by atoms with Crippen LogP contribution in [0.1, 0.15) is 35.9 Å². The van der Waals surface area contributed by atoms with E-state index >= 15 is 0 Å². The molecule has 1 fully saturated rings. The molecule has 2 N–H and O–H groups in total. The van der Waals surface area contributed by atoms with E-state index < -0.39 is 34.5 Å². The van der Waals surface area contributed by atoms with Crippen LogP contribution >= 0.6 is 0 Å². The number of benzene rings is 2. The van der Waals surface area contributed by atoms with Crippen LogP contribution in [0, 0.1) is 0 Å². The van der Waals surface area contributed by atoms with Gasteiger partial charge in [-0.1, -0.05) is 13.8 Å². The second kappa shape index (κ2) is 11.7. The smallest absolute Gasteiger partial charge is 0.405 e. The fourth-order valence-electron chi connectivity index (χ4n) is 4.45. The van der Waals surface area contributed by atoms with E-state index in [0.717, 1.165) is 0 Å². The Balaban J connectivity index is 1.81. The summed E-state index contributed by atoms with van der Waals surface area (Å²) in [5, 5.41) is 20.5. The predicted octanol–water partition coefficient (Wildman–Crippen LogP) is 3.00. The van der Waals surface area contributed by atoms with Gasteiger partial charge in [-0.05, 0) is 48.9 Å². The molecule has 3 aromatic rings. The molecule has 4 rings (SSSR count). The Kier molecular flexibility index (Phi) is 8.61. The molecule has 0 atom stereocenters. The fourth-order valence-corrected chi connectivity index (χ4v) is 5.87. The van der Waals surface area contributed by atoms with Crippen molar-refractivity contribution in [3.05, 3.63) is 47.8 Å². The molecule has 0 aliphatic carbocycles. The molecule has 0 radical (unpaired) electrons. The number of nitrogens with zero attached hydrogens (tertiary/aromatic N) is 5. The number of carbonyl (C=O) groups is 1. The number of nitrogens with one attached hydrogen (secondary N) is 1. The number of phenolic OH excluding ortho intramolecular Hbond substituents is 1. The van der Waals surface area contributed by atoms with Crippen molar-refractivity contribution in [3.63, 3.8) is 0 Å². The minimum atomic E-state index is -4.66. The second-order valence-corrected chi connectivity index (χ2v) is 11.9. The van der Waals surface area contributed by atoms with E-state index in [-0.39, 0.29) is 33.6 Å². The molecule has 1 aliphatic rings. The molecule has 0 bridgehead atoms. The lowest BCUT2D eigenvalue weighted by atomic mass is 9.98. The monoisotopic (exact) mass is 596 g/mol. The van der Waals surface area contributed by atoms with Gasteiger partial charge in [0.2, 0.25) is 15.8 Å². The second-order valence-electron chi connectivity index (χ2n) is 9.95. The lowest BCUT2D eigenvalue weighted by Gasteiger charge is -2.31. The van der Waals surface area contributed by atoms with Crippen LogP contribution < -0.4 is 10.1 Å². The maximum Gasteiger partial charge on any atom is 0.405 e. The summed E-state index contributed by atoms with van der Waals surface area (Å²) < 4.78 is 72.8. The lowest BCUT2D eigenvalue weighted by molar-refractivity contribution is -0.123. The van der Waals surface area contributed by atoms with Crippen molar-refractivity contribution in [1.29, 1.82) is 0 Å². The number of aromatic hydroxyl groups is 1. The zero-order chi connectivity index (χ0) is 30.1. The van der Waals surface area contributed by atoms with Gasteiger partial charge in [-0.2, -0.15) is 17.5 Å². The number of likely N-dealkylation sites (N-methyl/N-ethyl adjacent to an activating group) is 1. The number of hydrogen-bond donors (Lipinski definition) is 2. The number of alkyl halides is 3. The highest BCUT2D eigenvalue weighted by Crippen LogP contribution is 2.38. The maximum atomic E-state index is 13.2. The van der Waals surface area contributed by atoms with Gasteiger partial charge >= 0.3 is 6.18 Å². The molecule has 0 saturated carbocycles. The number of amides is 1. The summed E-state index contributed by atoms with van der Waals surface area (Å²) in [7, 11) is -0.453. The van der Waals surface area contributed by atoms with Gasteiger partial charge in [-0.15, -0.1) is 10.2 Å². The number of piperazine rings is 1. The molecule has 1 amide bonds. The first-order chi connectivity index (χ1) is 19.2. The van der Waals surface area contributed by atoms with Crippen LogP contribution in [0.15, 0.2) is 41.3 Å². The summed E-state index contributed by atoms with van der Waals surface area (Å²) in [4.78, 5) is 14.9. The van der Waals surface area contributed by atoms with Crippen molar-refractivity contribution in [2.45, 2.75) is 30.8 Å². The Labute approximate surface area is 235 Å². The normalized spacial score (nSPS) is 15.3. The first-order valence-electron chi connectivity index (χ1n) is 12.7. The highest BCUT2D eigenvalue weighted by molar-refractivity contribution is 7.89. The van der Waals surface area contributed by atoms with Gasteiger partial charge in [-0.3, -0.25) is 9.36 Å².